The predicted molar refractivity (Wildman–Crippen MR) is 98.4 cm³/mol. The molecule has 0 heterocycles. The molecule has 25 heavy (non-hydrogen) atoms. The van der Waals surface area contributed by atoms with Crippen molar-refractivity contribution in [3.63, 3.8) is 0 Å². The summed E-state index contributed by atoms with van der Waals surface area (Å²) in [6.45, 7) is 9.76. The summed E-state index contributed by atoms with van der Waals surface area (Å²) in [7, 11) is -3.03. The average molecular weight is 373 g/mol. The summed E-state index contributed by atoms with van der Waals surface area (Å²) >= 11 is 0. The van der Waals surface area contributed by atoms with Crippen LogP contribution in [0.2, 0.25) is 0 Å². The largest absolute Gasteiger partial charge is 0.679 e. The van der Waals surface area contributed by atoms with Crippen molar-refractivity contribution >= 4 is 9.05 Å². The molecule has 0 aliphatic heterocycles. The summed E-state index contributed by atoms with van der Waals surface area (Å²) < 4.78 is 33.6. The summed E-state index contributed by atoms with van der Waals surface area (Å²) in [5.41, 5.74) is 1.28. The summed E-state index contributed by atoms with van der Waals surface area (Å²) in [5, 5.41) is 0. The first-order chi connectivity index (χ1) is 12.3. The maximum absolute atomic E-state index is 5.74. The number of hydrogen-bond donors (Lipinski definition) is 0. The Bertz CT molecular complexity index is 400. The minimum absolute atomic E-state index is 0.371. The van der Waals surface area contributed by atoms with E-state index in [0.29, 0.717) is 52.9 Å². The van der Waals surface area contributed by atoms with Crippen molar-refractivity contribution in [3.8, 4) is 0 Å². The summed E-state index contributed by atoms with van der Waals surface area (Å²) in [4.78, 5) is 0. The molecule has 0 unspecified atom stereocenters. The minimum Gasteiger partial charge on any atom is -0.379 e. The van der Waals surface area contributed by atoms with Crippen LogP contribution >= 0.6 is 0 Å². The number of ether oxygens (including phenoxy) is 2. The maximum Gasteiger partial charge on any atom is 0.679 e. The van der Waals surface area contributed by atoms with Gasteiger partial charge >= 0.3 is 9.05 Å². The van der Waals surface area contributed by atoms with Gasteiger partial charge in [-0.1, -0.05) is 30.3 Å². The Morgan fingerprint density at radius 1 is 0.640 bits per heavy atom. The standard InChI is InChI=1S/C18H32O6Si/c1-4-21-25(22-5-2,23-6-3)24-17-16-20-15-14-19-13-12-18-10-8-7-9-11-18/h7-11H,4-6,12-17H2,1-3H3. The van der Waals surface area contributed by atoms with Crippen molar-refractivity contribution in [2.75, 3.05) is 52.9 Å². The molecule has 0 saturated heterocycles. The van der Waals surface area contributed by atoms with Crippen LogP contribution in [0.4, 0.5) is 0 Å². The zero-order chi connectivity index (χ0) is 18.2. The van der Waals surface area contributed by atoms with E-state index in [9.17, 15) is 0 Å². The maximum atomic E-state index is 5.74. The van der Waals surface area contributed by atoms with Gasteiger partial charge in [0.25, 0.3) is 0 Å². The van der Waals surface area contributed by atoms with Gasteiger partial charge in [-0.25, -0.2) is 0 Å². The monoisotopic (exact) mass is 372 g/mol. The van der Waals surface area contributed by atoms with Crippen LogP contribution in [0.1, 0.15) is 26.3 Å². The second kappa shape index (κ2) is 14.4. The van der Waals surface area contributed by atoms with Gasteiger partial charge in [0.2, 0.25) is 0 Å². The Labute approximate surface area is 152 Å². The van der Waals surface area contributed by atoms with Crippen molar-refractivity contribution in [1.82, 2.24) is 0 Å². The van der Waals surface area contributed by atoms with E-state index in [0.717, 1.165) is 6.42 Å². The normalized spacial score (nSPS) is 11.8. The topological polar surface area (TPSA) is 55.4 Å². The minimum atomic E-state index is -3.03. The molecule has 0 aliphatic carbocycles. The molecule has 0 spiro atoms. The van der Waals surface area contributed by atoms with E-state index in [-0.39, 0.29) is 0 Å². The molecule has 0 aliphatic rings. The molecule has 0 atom stereocenters. The molecular formula is C18H32O6Si. The lowest BCUT2D eigenvalue weighted by molar-refractivity contribution is -0.0426. The van der Waals surface area contributed by atoms with Gasteiger partial charge in [0.1, 0.15) is 0 Å². The van der Waals surface area contributed by atoms with Gasteiger partial charge in [0, 0.05) is 19.8 Å². The van der Waals surface area contributed by atoms with Crippen LogP contribution in [0.25, 0.3) is 0 Å². The number of hydrogen-bond acceptors (Lipinski definition) is 6. The smallest absolute Gasteiger partial charge is 0.379 e. The summed E-state index contributed by atoms with van der Waals surface area (Å²) in [6, 6.07) is 10.3. The predicted octanol–water partition coefficient (Wildman–Crippen LogP) is 2.82. The van der Waals surface area contributed by atoms with Crippen LogP contribution < -0.4 is 0 Å². The molecule has 144 valence electrons. The fraction of sp³-hybridized carbons (Fsp3) is 0.667. The molecule has 6 nitrogen and oxygen atoms in total. The van der Waals surface area contributed by atoms with Crippen LogP contribution in [0.3, 0.4) is 0 Å². The van der Waals surface area contributed by atoms with Crippen molar-refractivity contribution in [2.45, 2.75) is 27.2 Å². The van der Waals surface area contributed by atoms with Crippen LogP contribution in [-0.2, 0) is 33.6 Å². The SMILES string of the molecule is CCO[Si](OCC)(OCC)OCCOCCOCCc1ccccc1. The highest BCUT2D eigenvalue weighted by Gasteiger charge is 2.44. The summed E-state index contributed by atoms with van der Waals surface area (Å²) in [6.07, 6.45) is 0.912. The van der Waals surface area contributed by atoms with E-state index < -0.39 is 9.05 Å². The molecule has 1 rings (SSSR count). The van der Waals surface area contributed by atoms with Crippen molar-refractivity contribution < 1.29 is 27.2 Å². The molecule has 1 aromatic rings. The van der Waals surface area contributed by atoms with Crippen molar-refractivity contribution in [3.05, 3.63) is 35.9 Å². The van der Waals surface area contributed by atoms with Gasteiger partial charge in [0.05, 0.1) is 33.0 Å². The molecule has 7 heteroatoms. The van der Waals surface area contributed by atoms with E-state index in [1.807, 2.05) is 39.0 Å². The van der Waals surface area contributed by atoms with E-state index in [2.05, 4.69) is 12.1 Å². The highest BCUT2D eigenvalue weighted by Crippen LogP contribution is 2.11. The third-order valence-corrected chi connectivity index (χ3v) is 5.70. The van der Waals surface area contributed by atoms with Crippen LogP contribution in [0.5, 0.6) is 0 Å². The third kappa shape index (κ3) is 10.1. The number of rotatable bonds is 16. The lowest BCUT2D eigenvalue weighted by atomic mass is 10.2. The first-order valence-corrected chi connectivity index (χ1v) is 10.6. The summed E-state index contributed by atoms with van der Waals surface area (Å²) in [5.74, 6) is 0. The van der Waals surface area contributed by atoms with Crippen LogP contribution in [0.15, 0.2) is 30.3 Å². The second-order valence-electron chi connectivity index (χ2n) is 5.11. The fourth-order valence-corrected chi connectivity index (χ4v) is 4.06. The Balaban J connectivity index is 2.07. The van der Waals surface area contributed by atoms with Crippen molar-refractivity contribution in [1.29, 1.82) is 0 Å². The molecule has 0 aromatic heterocycles. The highest BCUT2D eigenvalue weighted by molar-refractivity contribution is 6.53. The molecule has 0 radical (unpaired) electrons. The highest BCUT2D eigenvalue weighted by atomic mass is 28.4. The average Bonchev–Trinajstić information content (AvgIpc) is 2.62. The Morgan fingerprint density at radius 3 is 1.72 bits per heavy atom. The van der Waals surface area contributed by atoms with Gasteiger partial charge in [-0.2, -0.15) is 0 Å². The third-order valence-electron chi connectivity index (χ3n) is 3.22. The van der Waals surface area contributed by atoms with Gasteiger partial charge in [0.15, 0.2) is 0 Å². The van der Waals surface area contributed by atoms with E-state index in [1.54, 1.807) is 0 Å². The lowest BCUT2D eigenvalue weighted by Crippen LogP contribution is -2.50. The van der Waals surface area contributed by atoms with Gasteiger partial charge in [-0.05, 0) is 32.8 Å². The fourth-order valence-electron chi connectivity index (χ4n) is 2.16. The molecule has 1 aromatic carbocycles. The van der Waals surface area contributed by atoms with E-state index in [4.69, 9.17) is 27.2 Å². The van der Waals surface area contributed by atoms with E-state index in [1.165, 1.54) is 5.56 Å². The first-order valence-electron chi connectivity index (χ1n) is 9.01. The van der Waals surface area contributed by atoms with Crippen LogP contribution in [0, 0.1) is 0 Å². The quantitative estimate of drug-likeness (QED) is 0.329. The van der Waals surface area contributed by atoms with Gasteiger partial charge in [-0.3, -0.25) is 0 Å². The first kappa shape index (κ1) is 22.2. The second-order valence-corrected chi connectivity index (χ2v) is 7.26. The van der Waals surface area contributed by atoms with Gasteiger partial charge in [-0.15, -0.1) is 0 Å². The van der Waals surface area contributed by atoms with Crippen molar-refractivity contribution in [2.24, 2.45) is 0 Å². The zero-order valence-electron chi connectivity index (χ0n) is 15.7. The molecule has 0 saturated carbocycles. The Morgan fingerprint density at radius 2 is 1.16 bits per heavy atom. The molecule has 0 amide bonds. The van der Waals surface area contributed by atoms with E-state index >= 15 is 0 Å². The molecular weight excluding hydrogens is 340 g/mol. The molecule has 0 N–H and O–H groups in total. The number of benzene rings is 1. The lowest BCUT2D eigenvalue weighted by Gasteiger charge is -2.26. The van der Waals surface area contributed by atoms with Crippen LogP contribution in [-0.4, -0.2) is 61.9 Å². The Kier molecular flexibility index (Phi) is 12.8. The Hall–Kier alpha value is -0.803. The van der Waals surface area contributed by atoms with Gasteiger partial charge < -0.3 is 27.2 Å². The zero-order valence-corrected chi connectivity index (χ0v) is 16.7. The molecule has 0 bridgehead atoms. The molecule has 0 fully saturated rings.